The number of amides is 1. The molecule has 0 aliphatic rings. The highest BCUT2D eigenvalue weighted by Gasteiger charge is 2.10. The third kappa shape index (κ3) is 4.79. The Labute approximate surface area is 126 Å². The van der Waals surface area contributed by atoms with Crippen LogP contribution >= 0.6 is 39.1 Å². The molecular formula is C13H16BrCl2NO. The summed E-state index contributed by atoms with van der Waals surface area (Å²) < 4.78 is 0.786. The molecule has 1 aromatic rings. The third-order valence-electron chi connectivity index (χ3n) is 2.83. The molecule has 1 amide bonds. The second-order valence-corrected chi connectivity index (χ2v) is 5.73. The molecule has 1 N–H and O–H groups in total. The van der Waals surface area contributed by atoms with Gasteiger partial charge in [0.1, 0.15) is 0 Å². The van der Waals surface area contributed by atoms with Crippen LogP contribution in [0.5, 0.6) is 0 Å². The molecule has 18 heavy (non-hydrogen) atoms. The Kier molecular flexibility index (Phi) is 7.05. The van der Waals surface area contributed by atoms with E-state index in [1.807, 2.05) is 0 Å². The summed E-state index contributed by atoms with van der Waals surface area (Å²) in [7, 11) is 0. The zero-order valence-electron chi connectivity index (χ0n) is 10.2. The number of hydrogen-bond acceptors (Lipinski definition) is 1. The molecule has 1 atom stereocenters. The standard InChI is InChI=1S/C13H16BrCl2NO/c1-2-9(5-6-15)8-17-13(18)10-3-4-11(14)12(16)7-10/h3-4,7,9H,2,5-6,8H2,1H3,(H,17,18). The van der Waals surface area contributed by atoms with E-state index in [0.29, 0.717) is 28.9 Å². The molecule has 0 aliphatic heterocycles. The lowest BCUT2D eigenvalue weighted by Gasteiger charge is -2.14. The number of rotatable bonds is 6. The maximum absolute atomic E-state index is 11.9. The van der Waals surface area contributed by atoms with Crippen LogP contribution in [0.25, 0.3) is 0 Å². The first-order chi connectivity index (χ1) is 8.58. The van der Waals surface area contributed by atoms with E-state index in [0.717, 1.165) is 17.3 Å². The fourth-order valence-electron chi connectivity index (χ4n) is 1.58. The van der Waals surface area contributed by atoms with Gasteiger partial charge in [-0.25, -0.2) is 0 Å². The average Bonchev–Trinajstić information content (AvgIpc) is 2.37. The van der Waals surface area contributed by atoms with Crippen molar-refractivity contribution in [3.05, 3.63) is 33.3 Å². The van der Waals surface area contributed by atoms with Gasteiger partial charge in [0.15, 0.2) is 0 Å². The Hall–Kier alpha value is -0.250. The lowest BCUT2D eigenvalue weighted by Crippen LogP contribution is -2.29. The van der Waals surface area contributed by atoms with Crippen molar-refractivity contribution < 1.29 is 4.79 Å². The third-order valence-corrected chi connectivity index (χ3v) is 4.28. The molecule has 2 nitrogen and oxygen atoms in total. The lowest BCUT2D eigenvalue weighted by atomic mass is 10.0. The van der Waals surface area contributed by atoms with Crippen LogP contribution in [0.1, 0.15) is 30.1 Å². The van der Waals surface area contributed by atoms with Crippen LogP contribution in [-0.4, -0.2) is 18.3 Å². The Bertz CT molecular complexity index is 412. The van der Waals surface area contributed by atoms with Crippen LogP contribution in [0.15, 0.2) is 22.7 Å². The van der Waals surface area contributed by atoms with Gasteiger partial charge in [0.05, 0.1) is 5.02 Å². The van der Waals surface area contributed by atoms with Gasteiger partial charge < -0.3 is 5.32 Å². The number of hydrogen-bond donors (Lipinski definition) is 1. The molecule has 1 aromatic carbocycles. The largest absolute Gasteiger partial charge is 0.352 e. The molecule has 1 rings (SSSR count). The number of halogens is 3. The summed E-state index contributed by atoms with van der Waals surface area (Å²) in [5.41, 5.74) is 0.573. The Morgan fingerprint density at radius 1 is 1.50 bits per heavy atom. The van der Waals surface area contributed by atoms with Gasteiger partial charge in [0, 0.05) is 22.5 Å². The van der Waals surface area contributed by atoms with E-state index in [9.17, 15) is 4.79 Å². The van der Waals surface area contributed by atoms with E-state index < -0.39 is 0 Å². The van der Waals surface area contributed by atoms with Crippen LogP contribution in [-0.2, 0) is 0 Å². The van der Waals surface area contributed by atoms with Gasteiger partial charge in [-0.2, -0.15) is 0 Å². The average molecular weight is 353 g/mol. The fourth-order valence-corrected chi connectivity index (χ4v) is 2.32. The number of carbonyl (C=O) groups is 1. The molecule has 0 spiro atoms. The van der Waals surface area contributed by atoms with Gasteiger partial charge in [-0.1, -0.05) is 24.9 Å². The smallest absolute Gasteiger partial charge is 0.251 e. The number of alkyl halides is 1. The van der Waals surface area contributed by atoms with Crippen molar-refractivity contribution in [3.63, 3.8) is 0 Å². The van der Waals surface area contributed by atoms with Crippen LogP contribution in [0.2, 0.25) is 5.02 Å². The highest BCUT2D eigenvalue weighted by Crippen LogP contribution is 2.23. The molecule has 0 bridgehead atoms. The zero-order chi connectivity index (χ0) is 13.5. The predicted octanol–water partition coefficient (Wildman–Crippen LogP) is 4.49. The van der Waals surface area contributed by atoms with Crippen molar-refractivity contribution in [2.45, 2.75) is 19.8 Å². The SMILES string of the molecule is CCC(CCCl)CNC(=O)c1ccc(Br)c(Cl)c1. The minimum absolute atomic E-state index is 0.0996. The molecule has 0 fully saturated rings. The van der Waals surface area contributed by atoms with Gasteiger partial charge in [-0.15, -0.1) is 11.6 Å². The van der Waals surface area contributed by atoms with E-state index in [1.165, 1.54) is 0 Å². The topological polar surface area (TPSA) is 29.1 Å². The quantitative estimate of drug-likeness (QED) is 0.751. The summed E-state index contributed by atoms with van der Waals surface area (Å²) in [5.74, 6) is 0.952. The summed E-state index contributed by atoms with van der Waals surface area (Å²) in [5, 5.41) is 3.45. The van der Waals surface area contributed by atoms with Crippen molar-refractivity contribution >= 4 is 45.0 Å². The fraction of sp³-hybridized carbons (Fsp3) is 0.462. The first kappa shape index (κ1) is 15.8. The minimum Gasteiger partial charge on any atom is -0.352 e. The van der Waals surface area contributed by atoms with Crippen molar-refractivity contribution in [2.24, 2.45) is 5.92 Å². The molecule has 0 aliphatic carbocycles. The van der Waals surface area contributed by atoms with Crippen LogP contribution in [0, 0.1) is 5.92 Å². The highest BCUT2D eigenvalue weighted by atomic mass is 79.9. The monoisotopic (exact) mass is 351 g/mol. The zero-order valence-corrected chi connectivity index (χ0v) is 13.3. The first-order valence-corrected chi connectivity index (χ1v) is 7.58. The number of nitrogens with one attached hydrogen (secondary N) is 1. The van der Waals surface area contributed by atoms with E-state index >= 15 is 0 Å². The van der Waals surface area contributed by atoms with Crippen molar-refractivity contribution in [1.82, 2.24) is 5.32 Å². The van der Waals surface area contributed by atoms with Crippen molar-refractivity contribution in [1.29, 1.82) is 0 Å². The normalized spacial score (nSPS) is 12.2. The number of benzene rings is 1. The van der Waals surface area contributed by atoms with Gasteiger partial charge in [0.25, 0.3) is 5.91 Å². The van der Waals surface area contributed by atoms with Gasteiger partial charge in [-0.05, 0) is 46.5 Å². The van der Waals surface area contributed by atoms with E-state index in [2.05, 4.69) is 28.2 Å². The van der Waals surface area contributed by atoms with Crippen LogP contribution in [0.3, 0.4) is 0 Å². The molecular weight excluding hydrogens is 337 g/mol. The summed E-state index contributed by atoms with van der Waals surface area (Å²) in [4.78, 5) is 11.9. The van der Waals surface area contributed by atoms with Crippen molar-refractivity contribution in [2.75, 3.05) is 12.4 Å². The lowest BCUT2D eigenvalue weighted by molar-refractivity contribution is 0.0946. The molecule has 5 heteroatoms. The molecule has 0 saturated carbocycles. The summed E-state index contributed by atoms with van der Waals surface area (Å²) >= 11 is 15.0. The maximum Gasteiger partial charge on any atom is 0.251 e. The first-order valence-electron chi connectivity index (χ1n) is 5.87. The predicted molar refractivity (Wildman–Crippen MR) is 80.6 cm³/mol. The second-order valence-electron chi connectivity index (χ2n) is 4.09. The molecule has 0 radical (unpaired) electrons. The van der Waals surface area contributed by atoms with E-state index in [-0.39, 0.29) is 5.91 Å². The van der Waals surface area contributed by atoms with Gasteiger partial charge >= 0.3 is 0 Å². The highest BCUT2D eigenvalue weighted by molar-refractivity contribution is 9.10. The van der Waals surface area contributed by atoms with Crippen molar-refractivity contribution in [3.8, 4) is 0 Å². The molecule has 0 heterocycles. The van der Waals surface area contributed by atoms with E-state index in [1.54, 1.807) is 18.2 Å². The number of carbonyl (C=O) groups excluding carboxylic acids is 1. The summed E-state index contributed by atoms with van der Waals surface area (Å²) in [6.45, 7) is 2.75. The van der Waals surface area contributed by atoms with E-state index in [4.69, 9.17) is 23.2 Å². The Morgan fingerprint density at radius 3 is 2.78 bits per heavy atom. The maximum atomic E-state index is 11.9. The van der Waals surface area contributed by atoms with Crippen LogP contribution in [0.4, 0.5) is 0 Å². The molecule has 0 aromatic heterocycles. The molecule has 100 valence electrons. The summed E-state index contributed by atoms with van der Waals surface area (Å²) in [6.07, 6.45) is 1.92. The molecule has 1 unspecified atom stereocenters. The Morgan fingerprint density at radius 2 is 2.22 bits per heavy atom. The van der Waals surface area contributed by atoms with Gasteiger partial charge in [-0.3, -0.25) is 4.79 Å². The minimum atomic E-state index is -0.0996. The van der Waals surface area contributed by atoms with Crippen LogP contribution < -0.4 is 5.32 Å². The Balaban J connectivity index is 2.57. The summed E-state index contributed by atoms with van der Waals surface area (Å²) in [6, 6.07) is 5.17. The van der Waals surface area contributed by atoms with Gasteiger partial charge in [0.2, 0.25) is 0 Å². The molecule has 0 saturated heterocycles. The second kappa shape index (κ2) is 8.03.